The lowest BCUT2D eigenvalue weighted by molar-refractivity contribution is -0.149. The van der Waals surface area contributed by atoms with Crippen LogP contribution >= 0.6 is 0 Å². The van der Waals surface area contributed by atoms with Crippen LogP contribution in [0.2, 0.25) is 0 Å². The van der Waals surface area contributed by atoms with Crippen LogP contribution in [0.4, 0.5) is 0 Å². The first-order valence-electron chi connectivity index (χ1n) is 9.08. The Balaban J connectivity index is 2.75. The van der Waals surface area contributed by atoms with Crippen molar-refractivity contribution in [1.82, 2.24) is 0 Å². The molecule has 0 amide bonds. The van der Waals surface area contributed by atoms with Crippen LogP contribution in [0.15, 0.2) is 12.2 Å². The van der Waals surface area contributed by atoms with E-state index in [-0.39, 0.29) is 0 Å². The van der Waals surface area contributed by atoms with E-state index in [1.54, 1.807) is 0 Å². The van der Waals surface area contributed by atoms with Gasteiger partial charge in [0.25, 0.3) is 0 Å². The van der Waals surface area contributed by atoms with E-state index in [0.29, 0.717) is 5.92 Å². The number of carboxylic acids is 1. The minimum atomic E-state index is -0.586. The fraction of sp³-hybridized carbons (Fsp3) is 0.842. The topological polar surface area (TPSA) is 37.3 Å². The van der Waals surface area contributed by atoms with Gasteiger partial charge in [0.15, 0.2) is 0 Å². The van der Waals surface area contributed by atoms with E-state index in [0.717, 1.165) is 44.9 Å². The minimum Gasteiger partial charge on any atom is -0.481 e. The summed E-state index contributed by atoms with van der Waals surface area (Å²) in [6.45, 7) is 4.38. The molecule has 1 saturated carbocycles. The number of rotatable bonds is 11. The molecule has 0 aromatic rings. The smallest absolute Gasteiger partial charge is 0.313 e. The molecule has 1 fully saturated rings. The molecule has 2 nitrogen and oxygen atoms in total. The van der Waals surface area contributed by atoms with Crippen molar-refractivity contribution in [2.45, 2.75) is 90.9 Å². The number of hydrogen-bond donors (Lipinski definition) is 1. The Labute approximate surface area is 131 Å². The zero-order valence-electron chi connectivity index (χ0n) is 14.1. The van der Waals surface area contributed by atoms with Crippen molar-refractivity contribution in [3.63, 3.8) is 0 Å². The van der Waals surface area contributed by atoms with Crippen LogP contribution < -0.4 is 0 Å². The average molecular weight is 294 g/mol. The van der Waals surface area contributed by atoms with E-state index in [9.17, 15) is 9.90 Å². The van der Waals surface area contributed by atoms with Gasteiger partial charge in [-0.3, -0.25) is 4.79 Å². The first-order chi connectivity index (χ1) is 10.2. The summed E-state index contributed by atoms with van der Waals surface area (Å²) in [7, 11) is 0. The highest BCUT2D eigenvalue weighted by Gasteiger charge is 2.43. The number of aliphatic carboxylic acids is 1. The van der Waals surface area contributed by atoms with Crippen LogP contribution in [0.3, 0.4) is 0 Å². The number of carbonyl (C=O) groups is 1. The molecule has 1 atom stereocenters. The Morgan fingerprint density at radius 3 is 2.29 bits per heavy atom. The molecule has 0 aromatic heterocycles. The molecule has 0 spiro atoms. The van der Waals surface area contributed by atoms with E-state index >= 15 is 0 Å². The van der Waals surface area contributed by atoms with Crippen molar-refractivity contribution in [3.8, 4) is 0 Å². The molecule has 1 rings (SSSR count). The molecular formula is C19H34O2. The molecule has 0 aliphatic heterocycles. The maximum absolute atomic E-state index is 12.1. The van der Waals surface area contributed by atoms with Gasteiger partial charge >= 0.3 is 5.97 Å². The van der Waals surface area contributed by atoms with E-state index in [2.05, 4.69) is 26.0 Å². The quantitative estimate of drug-likeness (QED) is 0.377. The van der Waals surface area contributed by atoms with Gasteiger partial charge in [0.2, 0.25) is 0 Å². The Kier molecular flexibility index (Phi) is 8.72. The van der Waals surface area contributed by atoms with Gasteiger partial charge in [0.05, 0.1) is 5.41 Å². The van der Waals surface area contributed by atoms with Crippen LogP contribution in [0.25, 0.3) is 0 Å². The zero-order valence-corrected chi connectivity index (χ0v) is 14.1. The number of carboxylic acid groups (broad SMARTS) is 1. The lowest BCUT2D eigenvalue weighted by atomic mass is 9.70. The maximum atomic E-state index is 12.1. The molecule has 0 bridgehead atoms. The second-order valence-corrected chi connectivity index (χ2v) is 6.68. The molecule has 1 aliphatic carbocycles. The van der Waals surface area contributed by atoms with E-state index < -0.39 is 11.4 Å². The van der Waals surface area contributed by atoms with Gasteiger partial charge < -0.3 is 5.11 Å². The van der Waals surface area contributed by atoms with E-state index in [1.807, 2.05) is 0 Å². The predicted octanol–water partition coefficient (Wildman–Crippen LogP) is 5.96. The monoisotopic (exact) mass is 294 g/mol. The predicted molar refractivity (Wildman–Crippen MR) is 89.5 cm³/mol. The van der Waals surface area contributed by atoms with Crippen LogP contribution in [-0.4, -0.2) is 11.1 Å². The Morgan fingerprint density at radius 1 is 1.10 bits per heavy atom. The molecular weight excluding hydrogens is 260 g/mol. The van der Waals surface area contributed by atoms with Gasteiger partial charge in [0, 0.05) is 0 Å². The van der Waals surface area contributed by atoms with Gasteiger partial charge in [-0.25, -0.2) is 0 Å². The normalized spacial score (nSPS) is 19.1. The van der Waals surface area contributed by atoms with Crippen molar-refractivity contribution < 1.29 is 9.90 Å². The van der Waals surface area contributed by atoms with Gasteiger partial charge in [-0.2, -0.15) is 0 Å². The third-order valence-corrected chi connectivity index (χ3v) is 5.07. The molecule has 0 saturated heterocycles. The fourth-order valence-electron chi connectivity index (χ4n) is 3.69. The molecule has 1 N–H and O–H groups in total. The summed E-state index contributed by atoms with van der Waals surface area (Å²) in [6, 6.07) is 0. The highest BCUT2D eigenvalue weighted by molar-refractivity contribution is 5.77. The fourth-order valence-corrected chi connectivity index (χ4v) is 3.69. The van der Waals surface area contributed by atoms with Crippen LogP contribution in [0.5, 0.6) is 0 Å². The summed E-state index contributed by atoms with van der Waals surface area (Å²) in [4.78, 5) is 12.1. The molecule has 0 heterocycles. The van der Waals surface area contributed by atoms with Gasteiger partial charge in [0.1, 0.15) is 0 Å². The van der Waals surface area contributed by atoms with Crippen LogP contribution in [0, 0.1) is 11.3 Å². The third-order valence-electron chi connectivity index (χ3n) is 5.07. The van der Waals surface area contributed by atoms with Crippen LogP contribution in [-0.2, 0) is 4.79 Å². The summed E-state index contributed by atoms with van der Waals surface area (Å²) >= 11 is 0. The summed E-state index contributed by atoms with van der Waals surface area (Å²) in [5.41, 5.74) is -0.585. The summed E-state index contributed by atoms with van der Waals surface area (Å²) < 4.78 is 0. The first-order valence-corrected chi connectivity index (χ1v) is 9.08. The largest absolute Gasteiger partial charge is 0.481 e. The van der Waals surface area contributed by atoms with Crippen molar-refractivity contribution >= 4 is 5.97 Å². The summed E-state index contributed by atoms with van der Waals surface area (Å²) in [5.74, 6) is -0.230. The standard InChI is InChI=1S/C19H34O2/c1-3-5-7-8-12-16-19(18(20)21,15-11-6-4-2)17-13-9-10-14-17/h12,16-17H,3-11,13-15H2,1-2H3,(H,20,21)/b16-12+. The highest BCUT2D eigenvalue weighted by atomic mass is 16.4. The van der Waals surface area contributed by atoms with Crippen LogP contribution in [0.1, 0.15) is 90.9 Å². The molecule has 21 heavy (non-hydrogen) atoms. The van der Waals surface area contributed by atoms with Gasteiger partial charge in [-0.05, 0) is 38.0 Å². The Bertz CT molecular complexity index is 316. The maximum Gasteiger partial charge on any atom is 0.313 e. The minimum absolute atomic E-state index is 0.356. The summed E-state index contributed by atoms with van der Waals surface area (Å²) in [5, 5.41) is 9.93. The average Bonchev–Trinajstić information content (AvgIpc) is 2.99. The molecule has 122 valence electrons. The number of allylic oxidation sites excluding steroid dienone is 1. The summed E-state index contributed by atoms with van der Waals surface area (Å²) in [6.07, 6.45) is 17.7. The third kappa shape index (κ3) is 5.48. The molecule has 2 heteroatoms. The van der Waals surface area contributed by atoms with Crippen molar-refractivity contribution in [2.75, 3.05) is 0 Å². The van der Waals surface area contributed by atoms with E-state index in [4.69, 9.17) is 0 Å². The Morgan fingerprint density at radius 2 is 1.71 bits per heavy atom. The first kappa shape index (κ1) is 18.3. The number of unbranched alkanes of at least 4 members (excludes halogenated alkanes) is 5. The van der Waals surface area contributed by atoms with E-state index in [1.165, 1.54) is 32.1 Å². The lowest BCUT2D eigenvalue weighted by Crippen LogP contribution is -2.36. The zero-order chi connectivity index (χ0) is 15.6. The molecule has 1 unspecified atom stereocenters. The van der Waals surface area contributed by atoms with Gasteiger partial charge in [-0.1, -0.05) is 70.9 Å². The van der Waals surface area contributed by atoms with Crippen molar-refractivity contribution in [1.29, 1.82) is 0 Å². The SMILES string of the molecule is CCCCC/C=C/C(CCCCC)(C(=O)O)C1CCCC1. The second-order valence-electron chi connectivity index (χ2n) is 6.68. The van der Waals surface area contributed by atoms with Crippen molar-refractivity contribution in [2.24, 2.45) is 11.3 Å². The Hall–Kier alpha value is -0.790. The van der Waals surface area contributed by atoms with Crippen molar-refractivity contribution in [3.05, 3.63) is 12.2 Å². The highest BCUT2D eigenvalue weighted by Crippen LogP contribution is 2.45. The molecule has 0 radical (unpaired) electrons. The second kappa shape index (κ2) is 10.0. The number of hydrogen-bond acceptors (Lipinski definition) is 1. The molecule has 1 aliphatic rings. The molecule has 0 aromatic carbocycles. The van der Waals surface area contributed by atoms with Gasteiger partial charge in [-0.15, -0.1) is 0 Å². The lowest BCUT2D eigenvalue weighted by Gasteiger charge is -2.32.